The molecule has 2 heteroatoms. The molecule has 1 atom stereocenters. The molecular formula is C15H26N2. The van der Waals surface area contributed by atoms with Gasteiger partial charge in [0.1, 0.15) is 0 Å². The highest BCUT2D eigenvalue weighted by Gasteiger charge is 2.16. The van der Waals surface area contributed by atoms with Crippen molar-refractivity contribution in [2.45, 2.75) is 53.0 Å². The minimum atomic E-state index is 0.390. The Hall–Kier alpha value is -0.890. The molecule has 0 aliphatic carbocycles. The summed E-state index contributed by atoms with van der Waals surface area (Å²) in [5.41, 5.74) is 1.56. The number of hydrogen-bond donors (Lipinski definition) is 1. The molecule has 1 unspecified atom stereocenters. The van der Waals surface area contributed by atoms with Crippen LogP contribution in [0.1, 0.15) is 58.7 Å². The second kappa shape index (κ2) is 6.75. The fraction of sp³-hybridized carbons (Fsp3) is 0.667. The Bertz CT molecular complexity index is 300. The lowest BCUT2D eigenvalue weighted by Gasteiger charge is -2.23. The lowest BCUT2D eigenvalue weighted by molar-refractivity contribution is 0.330. The normalized spacial score (nSPS) is 13.6. The monoisotopic (exact) mass is 234 g/mol. The summed E-state index contributed by atoms with van der Waals surface area (Å²) in [5.74, 6) is 0. The molecule has 0 saturated carbocycles. The first-order valence-corrected chi connectivity index (χ1v) is 6.67. The predicted molar refractivity (Wildman–Crippen MR) is 74.0 cm³/mol. The first-order valence-electron chi connectivity index (χ1n) is 6.67. The van der Waals surface area contributed by atoms with Crippen LogP contribution in [0.15, 0.2) is 24.4 Å². The van der Waals surface area contributed by atoms with E-state index in [0.29, 0.717) is 11.5 Å². The van der Waals surface area contributed by atoms with E-state index in [1.807, 2.05) is 12.3 Å². The second-order valence-electron chi connectivity index (χ2n) is 5.86. The summed E-state index contributed by atoms with van der Waals surface area (Å²) in [7, 11) is 0. The van der Waals surface area contributed by atoms with Crippen LogP contribution in [-0.4, -0.2) is 11.5 Å². The van der Waals surface area contributed by atoms with E-state index in [2.05, 4.69) is 50.1 Å². The lowest BCUT2D eigenvalue weighted by atomic mass is 9.88. The van der Waals surface area contributed by atoms with Gasteiger partial charge in [0.25, 0.3) is 0 Å². The van der Waals surface area contributed by atoms with Crippen LogP contribution < -0.4 is 5.32 Å². The zero-order chi connectivity index (χ0) is 12.7. The topological polar surface area (TPSA) is 24.9 Å². The highest BCUT2D eigenvalue weighted by molar-refractivity contribution is 5.08. The van der Waals surface area contributed by atoms with Gasteiger partial charge in [-0.3, -0.25) is 4.98 Å². The van der Waals surface area contributed by atoms with Gasteiger partial charge in [-0.1, -0.05) is 33.8 Å². The third-order valence-corrected chi connectivity index (χ3v) is 2.87. The van der Waals surface area contributed by atoms with Crippen molar-refractivity contribution in [3.63, 3.8) is 0 Å². The van der Waals surface area contributed by atoms with Crippen LogP contribution in [0.4, 0.5) is 0 Å². The van der Waals surface area contributed by atoms with Gasteiger partial charge >= 0.3 is 0 Å². The summed E-state index contributed by atoms with van der Waals surface area (Å²) in [6, 6.07) is 6.57. The number of nitrogens with one attached hydrogen (secondary N) is 1. The second-order valence-corrected chi connectivity index (χ2v) is 5.86. The van der Waals surface area contributed by atoms with Gasteiger partial charge in [-0.25, -0.2) is 0 Å². The number of hydrogen-bond acceptors (Lipinski definition) is 2. The summed E-state index contributed by atoms with van der Waals surface area (Å²) >= 11 is 0. The van der Waals surface area contributed by atoms with Crippen molar-refractivity contribution in [3.05, 3.63) is 30.1 Å². The van der Waals surface area contributed by atoms with Gasteiger partial charge in [-0.05, 0) is 43.4 Å². The third kappa shape index (κ3) is 5.83. The van der Waals surface area contributed by atoms with Crippen molar-refractivity contribution in [2.24, 2.45) is 5.41 Å². The van der Waals surface area contributed by atoms with E-state index >= 15 is 0 Å². The van der Waals surface area contributed by atoms with E-state index in [9.17, 15) is 0 Å². The standard InChI is InChI=1S/C15H26N2/c1-5-11-16-14(9-10-15(2,3)4)13-8-6-7-12-17-13/h6-8,12,14,16H,5,9-11H2,1-4H3. The highest BCUT2D eigenvalue weighted by Crippen LogP contribution is 2.26. The molecule has 0 saturated heterocycles. The van der Waals surface area contributed by atoms with Gasteiger partial charge in [-0.2, -0.15) is 0 Å². The number of pyridine rings is 1. The Kier molecular flexibility index (Phi) is 5.63. The fourth-order valence-electron chi connectivity index (χ4n) is 1.83. The molecule has 1 heterocycles. The molecule has 96 valence electrons. The molecule has 1 aromatic heterocycles. The first kappa shape index (κ1) is 14.2. The number of nitrogens with zero attached hydrogens (tertiary/aromatic N) is 1. The van der Waals surface area contributed by atoms with Crippen LogP contribution in [0.25, 0.3) is 0 Å². The van der Waals surface area contributed by atoms with Crippen molar-refractivity contribution < 1.29 is 0 Å². The largest absolute Gasteiger partial charge is 0.309 e. The Balaban J connectivity index is 2.61. The van der Waals surface area contributed by atoms with Crippen LogP contribution in [0.3, 0.4) is 0 Å². The zero-order valence-electron chi connectivity index (χ0n) is 11.7. The van der Waals surface area contributed by atoms with Gasteiger partial charge < -0.3 is 5.32 Å². The van der Waals surface area contributed by atoms with E-state index in [1.165, 1.54) is 18.5 Å². The van der Waals surface area contributed by atoms with Crippen LogP contribution in [-0.2, 0) is 0 Å². The minimum absolute atomic E-state index is 0.390. The van der Waals surface area contributed by atoms with Crippen molar-refractivity contribution in [1.29, 1.82) is 0 Å². The van der Waals surface area contributed by atoms with Crippen LogP contribution in [0.2, 0.25) is 0 Å². The Morgan fingerprint density at radius 1 is 1.29 bits per heavy atom. The third-order valence-electron chi connectivity index (χ3n) is 2.87. The molecule has 0 bridgehead atoms. The van der Waals surface area contributed by atoms with E-state index in [0.717, 1.165) is 13.0 Å². The predicted octanol–water partition coefficient (Wildman–Crippen LogP) is 3.95. The van der Waals surface area contributed by atoms with E-state index in [1.54, 1.807) is 0 Å². The zero-order valence-corrected chi connectivity index (χ0v) is 11.7. The number of aromatic nitrogens is 1. The average Bonchev–Trinajstić information content (AvgIpc) is 2.29. The maximum atomic E-state index is 4.47. The van der Waals surface area contributed by atoms with E-state index in [-0.39, 0.29) is 0 Å². The molecule has 0 amide bonds. The molecule has 0 aromatic carbocycles. The molecule has 1 rings (SSSR count). The molecule has 1 N–H and O–H groups in total. The SMILES string of the molecule is CCCNC(CCC(C)(C)C)c1ccccn1. The smallest absolute Gasteiger partial charge is 0.0573 e. The first-order chi connectivity index (χ1) is 8.03. The summed E-state index contributed by atoms with van der Waals surface area (Å²) < 4.78 is 0. The summed E-state index contributed by atoms with van der Waals surface area (Å²) in [4.78, 5) is 4.47. The molecule has 17 heavy (non-hydrogen) atoms. The van der Waals surface area contributed by atoms with E-state index in [4.69, 9.17) is 0 Å². The fourth-order valence-corrected chi connectivity index (χ4v) is 1.83. The molecular weight excluding hydrogens is 208 g/mol. The quantitative estimate of drug-likeness (QED) is 0.806. The molecule has 0 spiro atoms. The van der Waals surface area contributed by atoms with Gasteiger partial charge in [0, 0.05) is 12.2 Å². The maximum Gasteiger partial charge on any atom is 0.0573 e. The van der Waals surface area contributed by atoms with Gasteiger partial charge in [-0.15, -0.1) is 0 Å². The van der Waals surface area contributed by atoms with Gasteiger partial charge in [0.15, 0.2) is 0 Å². The van der Waals surface area contributed by atoms with Crippen LogP contribution in [0.5, 0.6) is 0 Å². The highest BCUT2D eigenvalue weighted by atomic mass is 14.9. The molecule has 0 aliphatic rings. The van der Waals surface area contributed by atoms with Crippen LogP contribution in [0, 0.1) is 5.41 Å². The van der Waals surface area contributed by atoms with Crippen LogP contribution >= 0.6 is 0 Å². The molecule has 1 aromatic rings. The number of rotatable bonds is 6. The lowest BCUT2D eigenvalue weighted by Crippen LogP contribution is -2.24. The van der Waals surface area contributed by atoms with Gasteiger partial charge in [0.05, 0.1) is 5.69 Å². The van der Waals surface area contributed by atoms with E-state index < -0.39 is 0 Å². The Morgan fingerprint density at radius 2 is 2.06 bits per heavy atom. The maximum absolute atomic E-state index is 4.47. The molecule has 2 nitrogen and oxygen atoms in total. The summed E-state index contributed by atoms with van der Waals surface area (Å²) in [5, 5.41) is 3.60. The Labute approximate surface area is 106 Å². The van der Waals surface area contributed by atoms with Gasteiger partial charge in [0.2, 0.25) is 0 Å². The van der Waals surface area contributed by atoms with Crippen molar-refractivity contribution in [1.82, 2.24) is 10.3 Å². The molecule has 0 aliphatic heterocycles. The molecule has 0 fully saturated rings. The van der Waals surface area contributed by atoms with Crippen molar-refractivity contribution in [2.75, 3.05) is 6.54 Å². The Morgan fingerprint density at radius 3 is 2.59 bits per heavy atom. The average molecular weight is 234 g/mol. The summed E-state index contributed by atoms with van der Waals surface area (Å²) in [6.07, 6.45) is 5.41. The minimum Gasteiger partial charge on any atom is -0.309 e. The van der Waals surface area contributed by atoms with Crippen molar-refractivity contribution in [3.8, 4) is 0 Å². The molecule has 0 radical (unpaired) electrons. The summed E-state index contributed by atoms with van der Waals surface area (Å²) in [6.45, 7) is 10.1. The van der Waals surface area contributed by atoms with Crippen molar-refractivity contribution >= 4 is 0 Å².